The SMILES string of the molecule is CNCCN(C)C(=O)c1cccc(NC(C)C(C)C)c1C. The van der Waals surface area contributed by atoms with Crippen LogP contribution in [0.25, 0.3) is 0 Å². The second-order valence-corrected chi connectivity index (χ2v) is 5.99. The maximum atomic E-state index is 12.5. The fraction of sp³-hybridized carbons (Fsp3) is 0.588. The third-order valence-electron chi connectivity index (χ3n) is 3.99. The van der Waals surface area contributed by atoms with Crippen LogP contribution in [0.2, 0.25) is 0 Å². The smallest absolute Gasteiger partial charge is 0.253 e. The highest BCUT2D eigenvalue weighted by Gasteiger charge is 2.16. The fourth-order valence-corrected chi connectivity index (χ4v) is 2.02. The van der Waals surface area contributed by atoms with Crippen molar-refractivity contribution >= 4 is 11.6 Å². The standard InChI is InChI=1S/C17H29N3O/c1-12(2)14(4)19-16-9-7-8-15(13(16)3)17(21)20(6)11-10-18-5/h7-9,12,14,18-19H,10-11H2,1-6H3. The average molecular weight is 291 g/mol. The van der Waals surface area contributed by atoms with Gasteiger partial charge in [-0.25, -0.2) is 0 Å². The maximum Gasteiger partial charge on any atom is 0.253 e. The molecule has 0 saturated carbocycles. The molecule has 0 bridgehead atoms. The van der Waals surface area contributed by atoms with Crippen LogP contribution in [0.3, 0.4) is 0 Å². The minimum Gasteiger partial charge on any atom is -0.382 e. The summed E-state index contributed by atoms with van der Waals surface area (Å²) in [6.45, 7) is 10.0. The number of hydrogen-bond acceptors (Lipinski definition) is 3. The second-order valence-electron chi connectivity index (χ2n) is 5.99. The lowest BCUT2D eigenvalue weighted by Gasteiger charge is -2.23. The third kappa shape index (κ3) is 4.74. The number of rotatable bonds is 7. The highest BCUT2D eigenvalue weighted by atomic mass is 16.2. The molecule has 0 aliphatic carbocycles. The van der Waals surface area contributed by atoms with Crippen molar-refractivity contribution in [1.82, 2.24) is 10.2 Å². The van der Waals surface area contributed by atoms with Crippen molar-refractivity contribution in [3.63, 3.8) is 0 Å². The molecule has 1 unspecified atom stereocenters. The van der Waals surface area contributed by atoms with Gasteiger partial charge in [-0.3, -0.25) is 4.79 Å². The molecular weight excluding hydrogens is 262 g/mol. The summed E-state index contributed by atoms with van der Waals surface area (Å²) in [6.07, 6.45) is 0. The van der Waals surface area contributed by atoms with Gasteiger partial charge in [0, 0.05) is 37.4 Å². The molecule has 1 amide bonds. The van der Waals surface area contributed by atoms with E-state index in [1.54, 1.807) is 4.90 Å². The summed E-state index contributed by atoms with van der Waals surface area (Å²) in [6, 6.07) is 6.26. The Morgan fingerprint density at radius 1 is 1.29 bits per heavy atom. The average Bonchev–Trinajstić information content (AvgIpc) is 2.45. The molecule has 0 aliphatic heterocycles. The number of likely N-dealkylation sites (N-methyl/N-ethyl adjacent to an activating group) is 2. The zero-order valence-electron chi connectivity index (χ0n) is 14.2. The van der Waals surface area contributed by atoms with Crippen molar-refractivity contribution in [2.75, 3.05) is 32.5 Å². The van der Waals surface area contributed by atoms with E-state index < -0.39 is 0 Å². The molecule has 1 rings (SSSR count). The molecule has 118 valence electrons. The molecule has 0 fully saturated rings. The minimum absolute atomic E-state index is 0.0728. The van der Waals surface area contributed by atoms with Crippen molar-refractivity contribution in [1.29, 1.82) is 0 Å². The van der Waals surface area contributed by atoms with Gasteiger partial charge >= 0.3 is 0 Å². The Morgan fingerprint density at radius 3 is 2.52 bits per heavy atom. The molecule has 0 saturated heterocycles. The number of amides is 1. The van der Waals surface area contributed by atoms with Crippen LogP contribution in [0.5, 0.6) is 0 Å². The first kappa shape index (κ1) is 17.5. The number of hydrogen-bond donors (Lipinski definition) is 2. The van der Waals surface area contributed by atoms with E-state index in [2.05, 4.69) is 31.4 Å². The lowest BCUT2D eigenvalue weighted by Crippen LogP contribution is -2.33. The van der Waals surface area contributed by atoms with Gasteiger partial charge in [0.25, 0.3) is 5.91 Å². The Bertz CT molecular complexity index is 471. The van der Waals surface area contributed by atoms with Crippen LogP contribution in [-0.4, -0.2) is 44.0 Å². The molecule has 0 aromatic heterocycles. The van der Waals surface area contributed by atoms with E-state index in [9.17, 15) is 4.79 Å². The monoisotopic (exact) mass is 291 g/mol. The highest BCUT2D eigenvalue weighted by Crippen LogP contribution is 2.22. The number of benzene rings is 1. The molecular formula is C17H29N3O. The second kappa shape index (κ2) is 8.03. The van der Waals surface area contributed by atoms with E-state index in [4.69, 9.17) is 0 Å². The first-order chi connectivity index (χ1) is 9.88. The molecule has 4 nitrogen and oxygen atoms in total. The van der Waals surface area contributed by atoms with E-state index in [0.717, 1.165) is 23.4 Å². The Kier molecular flexibility index (Phi) is 6.69. The molecule has 0 radical (unpaired) electrons. The van der Waals surface area contributed by atoms with Gasteiger partial charge in [0.15, 0.2) is 0 Å². The molecule has 4 heteroatoms. The number of nitrogens with one attached hydrogen (secondary N) is 2. The van der Waals surface area contributed by atoms with Crippen LogP contribution in [0.4, 0.5) is 5.69 Å². The summed E-state index contributed by atoms with van der Waals surface area (Å²) in [5, 5.41) is 6.57. The van der Waals surface area contributed by atoms with Crippen LogP contribution in [0.15, 0.2) is 18.2 Å². The summed E-state index contributed by atoms with van der Waals surface area (Å²) >= 11 is 0. The molecule has 1 aromatic rings. The lowest BCUT2D eigenvalue weighted by atomic mass is 10.0. The zero-order chi connectivity index (χ0) is 16.0. The van der Waals surface area contributed by atoms with Crippen molar-refractivity contribution in [3.05, 3.63) is 29.3 Å². The van der Waals surface area contributed by atoms with Crippen molar-refractivity contribution < 1.29 is 4.79 Å². The van der Waals surface area contributed by atoms with Gasteiger partial charge in [-0.05, 0) is 44.5 Å². The van der Waals surface area contributed by atoms with Crippen molar-refractivity contribution in [3.8, 4) is 0 Å². The van der Waals surface area contributed by atoms with Gasteiger partial charge in [0.05, 0.1) is 0 Å². The molecule has 0 spiro atoms. The Balaban J connectivity index is 2.92. The number of anilines is 1. The van der Waals surface area contributed by atoms with E-state index in [-0.39, 0.29) is 5.91 Å². The van der Waals surface area contributed by atoms with E-state index in [0.29, 0.717) is 18.5 Å². The van der Waals surface area contributed by atoms with E-state index >= 15 is 0 Å². The maximum absolute atomic E-state index is 12.5. The summed E-state index contributed by atoms with van der Waals surface area (Å²) < 4.78 is 0. The van der Waals surface area contributed by atoms with Crippen LogP contribution < -0.4 is 10.6 Å². The Morgan fingerprint density at radius 2 is 1.95 bits per heavy atom. The van der Waals surface area contributed by atoms with Gasteiger partial charge in [-0.1, -0.05) is 19.9 Å². The number of carbonyl (C=O) groups is 1. The first-order valence-corrected chi connectivity index (χ1v) is 7.64. The molecule has 1 aromatic carbocycles. The highest BCUT2D eigenvalue weighted by molar-refractivity contribution is 5.96. The lowest BCUT2D eigenvalue weighted by molar-refractivity contribution is 0.0796. The van der Waals surface area contributed by atoms with Crippen LogP contribution >= 0.6 is 0 Å². The van der Waals surface area contributed by atoms with Gasteiger partial charge in [0.2, 0.25) is 0 Å². The fourth-order valence-electron chi connectivity index (χ4n) is 2.02. The van der Waals surface area contributed by atoms with Crippen molar-refractivity contribution in [2.24, 2.45) is 5.92 Å². The van der Waals surface area contributed by atoms with E-state index in [1.165, 1.54) is 0 Å². The number of carbonyl (C=O) groups excluding carboxylic acids is 1. The summed E-state index contributed by atoms with van der Waals surface area (Å²) in [4.78, 5) is 14.3. The van der Waals surface area contributed by atoms with Crippen LogP contribution in [-0.2, 0) is 0 Å². The molecule has 2 N–H and O–H groups in total. The van der Waals surface area contributed by atoms with Gasteiger partial charge in [0.1, 0.15) is 0 Å². The minimum atomic E-state index is 0.0728. The number of nitrogens with zero attached hydrogens (tertiary/aromatic N) is 1. The third-order valence-corrected chi connectivity index (χ3v) is 3.99. The predicted molar refractivity (Wildman–Crippen MR) is 90.0 cm³/mol. The molecule has 0 aliphatic rings. The Hall–Kier alpha value is -1.55. The summed E-state index contributed by atoms with van der Waals surface area (Å²) in [7, 11) is 3.73. The first-order valence-electron chi connectivity index (χ1n) is 7.64. The summed E-state index contributed by atoms with van der Waals surface area (Å²) in [5.41, 5.74) is 2.84. The van der Waals surface area contributed by atoms with Gasteiger partial charge in [-0.15, -0.1) is 0 Å². The Labute approximate surface area is 128 Å². The van der Waals surface area contributed by atoms with E-state index in [1.807, 2.05) is 39.2 Å². The largest absolute Gasteiger partial charge is 0.382 e. The van der Waals surface area contributed by atoms with Gasteiger partial charge in [-0.2, -0.15) is 0 Å². The van der Waals surface area contributed by atoms with Crippen LogP contribution in [0, 0.1) is 12.8 Å². The van der Waals surface area contributed by atoms with Crippen molar-refractivity contribution in [2.45, 2.75) is 33.7 Å². The molecule has 0 heterocycles. The normalized spacial score (nSPS) is 12.3. The van der Waals surface area contributed by atoms with Gasteiger partial charge < -0.3 is 15.5 Å². The quantitative estimate of drug-likeness (QED) is 0.812. The zero-order valence-corrected chi connectivity index (χ0v) is 14.2. The topological polar surface area (TPSA) is 44.4 Å². The molecule has 21 heavy (non-hydrogen) atoms. The molecule has 1 atom stereocenters. The predicted octanol–water partition coefficient (Wildman–Crippen LogP) is 2.74. The summed E-state index contributed by atoms with van der Waals surface area (Å²) in [5.74, 6) is 0.616. The van der Waals surface area contributed by atoms with Crippen LogP contribution in [0.1, 0.15) is 36.7 Å².